The van der Waals surface area contributed by atoms with Crippen LogP contribution in [0.5, 0.6) is 5.75 Å². The van der Waals surface area contributed by atoms with E-state index in [0.29, 0.717) is 24.7 Å². The zero-order valence-electron chi connectivity index (χ0n) is 15.0. The number of benzene rings is 1. The molecule has 7 nitrogen and oxygen atoms in total. The Balaban J connectivity index is 1.85. The number of hydrogen-bond acceptors (Lipinski definition) is 6. The maximum absolute atomic E-state index is 12.0. The van der Waals surface area contributed by atoms with E-state index < -0.39 is 0 Å². The van der Waals surface area contributed by atoms with E-state index in [0.717, 1.165) is 24.4 Å². The standard InChI is InChI=1S/C18H25N5O2/c1-4-25-15-8-6-14(7-9-15)20-17-11-10-16(21-22-17)18(24)19-12-5-13-23(2)3/h6-11H,4-5,12-13H2,1-3H3,(H,19,24)(H,20,22). The van der Waals surface area contributed by atoms with Crippen molar-refractivity contribution in [1.82, 2.24) is 20.4 Å². The monoisotopic (exact) mass is 343 g/mol. The van der Waals surface area contributed by atoms with Gasteiger partial charge in [-0.2, -0.15) is 0 Å². The van der Waals surface area contributed by atoms with Crippen molar-refractivity contribution in [2.75, 3.05) is 39.1 Å². The Morgan fingerprint density at radius 1 is 1.12 bits per heavy atom. The van der Waals surface area contributed by atoms with E-state index in [4.69, 9.17) is 4.74 Å². The summed E-state index contributed by atoms with van der Waals surface area (Å²) in [6, 6.07) is 11.0. The predicted octanol–water partition coefficient (Wildman–Crippen LogP) is 2.30. The first-order valence-electron chi connectivity index (χ1n) is 8.35. The van der Waals surface area contributed by atoms with Crippen LogP contribution < -0.4 is 15.4 Å². The fourth-order valence-corrected chi connectivity index (χ4v) is 2.16. The Hall–Kier alpha value is -2.67. The van der Waals surface area contributed by atoms with Crippen LogP contribution in [0.25, 0.3) is 0 Å². The molecule has 0 saturated carbocycles. The third kappa shape index (κ3) is 6.39. The number of hydrogen-bond donors (Lipinski definition) is 2. The zero-order chi connectivity index (χ0) is 18.1. The first kappa shape index (κ1) is 18.7. The molecule has 1 aromatic carbocycles. The fraction of sp³-hybridized carbons (Fsp3) is 0.389. The highest BCUT2D eigenvalue weighted by atomic mass is 16.5. The molecule has 0 saturated heterocycles. The lowest BCUT2D eigenvalue weighted by Gasteiger charge is -2.10. The molecule has 2 N–H and O–H groups in total. The van der Waals surface area contributed by atoms with Gasteiger partial charge in [-0.3, -0.25) is 4.79 Å². The third-order valence-electron chi connectivity index (χ3n) is 3.40. The third-order valence-corrected chi connectivity index (χ3v) is 3.40. The van der Waals surface area contributed by atoms with Gasteiger partial charge in [0.1, 0.15) is 5.75 Å². The molecule has 0 bridgehead atoms. The number of amides is 1. The number of nitrogens with zero attached hydrogens (tertiary/aromatic N) is 3. The van der Waals surface area contributed by atoms with Gasteiger partial charge in [0, 0.05) is 12.2 Å². The van der Waals surface area contributed by atoms with Crippen molar-refractivity contribution >= 4 is 17.4 Å². The van der Waals surface area contributed by atoms with Gasteiger partial charge in [-0.05, 0) is 70.4 Å². The lowest BCUT2D eigenvalue weighted by atomic mass is 10.3. The molecule has 0 aliphatic carbocycles. The molecule has 134 valence electrons. The van der Waals surface area contributed by atoms with E-state index in [1.54, 1.807) is 12.1 Å². The SMILES string of the molecule is CCOc1ccc(Nc2ccc(C(=O)NCCCN(C)C)nn2)cc1. The minimum Gasteiger partial charge on any atom is -0.494 e. The molecule has 0 fully saturated rings. The van der Waals surface area contributed by atoms with Crippen LogP contribution in [-0.2, 0) is 0 Å². The van der Waals surface area contributed by atoms with Gasteiger partial charge >= 0.3 is 0 Å². The molecular formula is C18H25N5O2. The topological polar surface area (TPSA) is 79.4 Å². The van der Waals surface area contributed by atoms with Gasteiger partial charge in [0.15, 0.2) is 11.5 Å². The maximum atomic E-state index is 12.0. The van der Waals surface area contributed by atoms with Crippen molar-refractivity contribution in [2.45, 2.75) is 13.3 Å². The molecule has 0 aliphatic rings. The molecule has 0 aliphatic heterocycles. The van der Waals surface area contributed by atoms with Crippen molar-refractivity contribution in [3.8, 4) is 5.75 Å². The van der Waals surface area contributed by atoms with Crippen LogP contribution in [0.15, 0.2) is 36.4 Å². The van der Waals surface area contributed by atoms with E-state index in [9.17, 15) is 4.79 Å². The molecule has 1 amide bonds. The summed E-state index contributed by atoms with van der Waals surface area (Å²) in [6.45, 7) is 4.13. The predicted molar refractivity (Wildman–Crippen MR) is 98.4 cm³/mol. The Labute approximate surface area is 148 Å². The molecular weight excluding hydrogens is 318 g/mol. The minimum atomic E-state index is -0.209. The lowest BCUT2D eigenvalue weighted by molar-refractivity contribution is 0.0946. The second-order valence-corrected chi connectivity index (χ2v) is 5.80. The van der Waals surface area contributed by atoms with Gasteiger partial charge in [0.05, 0.1) is 6.61 Å². The summed E-state index contributed by atoms with van der Waals surface area (Å²) in [7, 11) is 4.01. The van der Waals surface area contributed by atoms with Crippen LogP contribution in [-0.4, -0.2) is 54.8 Å². The van der Waals surface area contributed by atoms with Crippen LogP contribution in [0.1, 0.15) is 23.8 Å². The summed E-state index contributed by atoms with van der Waals surface area (Å²) >= 11 is 0. The molecule has 7 heteroatoms. The fourth-order valence-electron chi connectivity index (χ4n) is 2.16. The molecule has 25 heavy (non-hydrogen) atoms. The Bertz CT molecular complexity index is 656. The Morgan fingerprint density at radius 3 is 2.48 bits per heavy atom. The number of carbonyl (C=O) groups excluding carboxylic acids is 1. The van der Waals surface area contributed by atoms with Crippen LogP contribution in [0.4, 0.5) is 11.5 Å². The maximum Gasteiger partial charge on any atom is 0.271 e. The van der Waals surface area contributed by atoms with Gasteiger partial charge in [-0.1, -0.05) is 0 Å². The summed E-state index contributed by atoms with van der Waals surface area (Å²) < 4.78 is 5.40. The zero-order valence-corrected chi connectivity index (χ0v) is 15.0. The number of anilines is 2. The van der Waals surface area contributed by atoms with Gasteiger partial charge < -0.3 is 20.3 Å². The molecule has 2 rings (SSSR count). The molecule has 0 atom stereocenters. The number of ether oxygens (including phenoxy) is 1. The highest BCUT2D eigenvalue weighted by Crippen LogP contribution is 2.18. The smallest absolute Gasteiger partial charge is 0.271 e. The van der Waals surface area contributed by atoms with Crippen molar-refractivity contribution in [3.63, 3.8) is 0 Å². The average Bonchev–Trinajstić information content (AvgIpc) is 2.61. The van der Waals surface area contributed by atoms with Crippen molar-refractivity contribution < 1.29 is 9.53 Å². The summed E-state index contributed by atoms with van der Waals surface area (Å²) in [5, 5.41) is 14.0. The van der Waals surface area contributed by atoms with Crippen LogP contribution in [0.2, 0.25) is 0 Å². The summed E-state index contributed by atoms with van der Waals surface area (Å²) in [5.74, 6) is 1.19. The second kappa shape index (κ2) is 9.58. The summed E-state index contributed by atoms with van der Waals surface area (Å²) in [5.41, 5.74) is 1.18. The molecule has 0 radical (unpaired) electrons. The van der Waals surface area contributed by atoms with E-state index in [2.05, 4.69) is 25.7 Å². The first-order valence-corrected chi connectivity index (χ1v) is 8.35. The second-order valence-electron chi connectivity index (χ2n) is 5.80. The van der Waals surface area contributed by atoms with Crippen molar-refractivity contribution in [3.05, 3.63) is 42.1 Å². The van der Waals surface area contributed by atoms with E-state index >= 15 is 0 Å². The van der Waals surface area contributed by atoms with Crippen LogP contribution >= 0.6 is 0 Å². The molecule has 1 aromatic heterocycles. The quantitative estimate of drug-likeness (QED) is 0.680. The Morgan fingerprint density at radius 2 is 1.88 bits per heavy atom. The minimum absolute atomic E-state index is 0.209. The molecule has 1 heterocycles. The summed E-state index contributed by atoms with van der Waals surface area (Å²) in [6.07, 6.45) is 0.892. The molecule has 0 spiro atoms. The van der Waals surface area contributed by atoms with Crippen molar-refractivity contribution in [2.24, 2.45) is 0 Å². The van der Waals surface area contributed by atoms with Gasteiger partial charge in [0.25, 0.3) is 5.91 Å². The van der Waals surface area contributed by atoms with E-state index in [1.807, 2.05) is 45.3 Å². The molecule has 2 aromatic rings. The van der Waals surface area contributed by atoms with Crippen molar-refractivity contribution in [1.29, 1.82) is 0 Å². The number of rotatable bonds is 9. The number of aromatic nitrogens is 2. The highest BCUT2D eigenvalue weighted by molar-refractivity contribution is 5.92. The Kier molecular flexibility index (Phi) is 7.16. The first-order chi connectivity index (χ1) is 12.1. The van der Waals surface area contributed by atoms with Gasteiger partial charge in [0.2, 0.25) is 0 Å². The van der Waals surface area contributed by atoms with Gasteiger partial charge in [-0.15, -0.1) is 10.2 Å². The number of carbonyl (C=O) groups is 1. The normalized spacial score (nSPS) is 10.6. The number of nitrogens with one attached hydrogen (secondary N) is 2. The van der Waals surface area contributed by atoms with E-state index in [1.165, 1.54) is 0 Å². The van der Waals surface area contributed by atoms with Crippen LogP contribution in [0.3, 0.4) is 0 Å². The summed E-state index contributed by atoms with van der Waals surface area (Å²) in [4.78, 5) is 14.1. The van der Waals surface area contributed by atoms with Crippen LogP contribution in [0, 0.1) is 0 Å². The average molecular weight is 343 g/mol. The van der Waals surface area contributed by atoms with E-state index in [-0.39, 0.29) is 5.91 Å². The largest absolute Gasteiger partial charge is 0.494 e. The lowest BCUT2D eigenvalue weighted by Crippen LogP contribution is -2.28. The highest BCUT2D eigenvalue weighted by Gasteiger charge is 2.07. The van der Waals surface area contributed by atoms with Gasteiger partial charge in [-0.25, -0.2) is 0 Å². The molecule has 0 unspecified atom stereocenters.